The van der Waals surface area contributed by atoms with Gasteiger partial charge in [0.1, 0.15) is 5.69 Å². The van der Waals surface area contributed by atoms with Crippen LogP contribution in [-0.4, -0.2) is 29.9 Å². The van der Waals surface area contributed by atoms with Gasteiger partial charge in [0, 0.05) is 7.05 Å². The number of aryl methyl sites for hydroxylation is 1. The van der Waals surface area contributed by atoms with Crippen LogP contribution in [-0.2, 0) is 0 Å². The van der Waals surface area contributed by atoms with E-state index in [1.54, 1.807) is 14.0 Å². The van der Waals surface area contributed by atoms with Gasteiger partial charge in [0.15, 0.2) is 5.69 Å². The van der Waals surface area contributed by atoms with E-state index in [4.69, 9.17) is 0 Å². The van der Waals surface area contributed by atoms with Crippen molar-refractivity contribution < 1.29 is 4.79 Å². The average Bonchev–Trinajstić information content (AvgIpc) is 2.45. The molecule has 0 fully saturated rings. The monoisotopic (exact) mass is 166 g/mol. The van der Waals surface area contributed by atoms with Crippen LogP contribution >= 0.6 is 0 Å². The molecule has 12 heavy (non-hydrogen) atoms. The summed E-state index contributed by atoms with van der Waals surface area (Å²) in [6.45, 7) is 5.13. The van der Waals surface area contributed by atoms with Gasteiger partial charge in [0.25, 0.3) is 5.91 Å². The van der Waals surface area contributed by atoms with Crippen LogP contribution in [0.15, 0.2) is 4.99 Å². The van der Waals surface area contributed by atoms with Crippen LogP contribution in [0.1, 0.15) is 16.2 Å². The smallest absolute Gasteiger partial charge is 0.273 e. The third-order valence-corrected chi connectivity index (χ3v) is 1.52. The van der Waals surface area contributed by atoms with Gasteiger partial charge in [-0.05, 0) is 13.6 Å². The molecular formula is C7H10N4O. The minimum Gasteiger partial charge on any atom is -0.354 e. The quantitative estimate of drug-likeness (QED) is 0.625. The third kappa shape index (κ3) is 1.20. The van der Waals surface area contributed by atoms with Crippen LogP contribution in [0.5, 0.6) is 0 Å². The number of carbonyl (C=O) groups is 1. The Morgan fingerprint density at radius 1 is 1.75 bits per heavy atom. The second kappa shape index (κ2) is 3.17. The van der Waals surface area contributed by atoms with E-state index in [1.165, 1.54) is 0 Å². The summed E-state index contributed by atoms with van der Waals surface area (Å²) in [4.78, 5) is 14.8. The topological polar surface area (TPSA) is 70.1 Å². The van der Waals surface area contributed by atoms with Gasteiger partial charge in [-0.15, -0.1) is 0 Å². The predicted octanol–water partition coefficient (Wildman–Crippen LogP) is 0.410. The number of amides is 1. The maximum Gasteiger partial charge on any atom is 0.273 e. The zero-order valence-electron chi connectivity index (χ0n) is 7.01. The lowest BCUT2D eigenvalue weighted by molar-refractivity contribution is 0.0959. The zero-order valence-corrected chi connectivity index (χ0v) is 7.01. The number of aromatic amines is 1. The van der Waals surface area contributed by atoms with Crippen molar-refractivity contribution in [2.24, 2.45) is 4.99 Å². The number of hydrogen-bond acceptors (Lipinski definition) is 3. The lowest BCUT2D eigenvalue weighted by Gasteiger charge is -1.94. The average molecular weight is 166 g/mol. The predicted molar refractivity (Wildman–Crippen MR) is 45.9 cm³/mol. The Balaban J connectivity index is 3.15. The first-order chi connectivity index (χ1) is 5.70. The van der Waals surface area contributed by atoms with E-state index in [9.17, 15) is 4.79 Å². The van der Waals surface area contributed by atoms with Crippen molar-refractivity contribution in [1.82, 2.24) is 15.5 Å². The van der Waals surface area contributed by atoms with Gasteiger partial charge < -0.3 is 5.32 Å². The summed E-state index contributed by atoms with van der Waals surface area (Å²) in [5.74, 6) is -0.262. The Morgan fingerprint density at radius 2 is 2.42 bits per heavy atom. The van der Waals surface area contributed by atoms with Gasteiger partial charge in [-0.2, -0.15) is 5.10 Å². The van der Waals surface area contributed by atoms with Crippen LogP contribution in [0.3, 0.4) is 0 Å². The summed E-state index contributed by atoms with van der Waals surface area (Å²) in [6, 6.07) is 0. The molecule has 0 saturated carbocycles. The molecule has 0 unspecified atom stereocenters. The minimum absolute atomic E-state index is 0.262. The highest BCUT2D eigenvalue weighted by molar-refractivity contribution is 5.97. The molecule has 2 N–H and O–H groups in total. The Hall–Kier alpha value is -1.65. The molecule has 1 rings (SSSR count). The molecule has 1 aromatic rings. The highest BCUT2D eigenvalue weighted by atomic mass is 16.1. The summed E-state index contributed by atoms with van der Waals surface area (Å²) in [5.41, 5.74) is 1.53. The highest BCUT2D eigenvalue weighted by Crippen LogP contribution is 2.19. The van der Waals surface area contributed by atoms with Crippen molar-refractivity contribution in [1.29, 1.82) is 0 Å². The largest absolute Gasteiger partial charge is 0.354 e. The van der Waals surface area contributed by atoms with Gasteiger partial charge in [-0.1, -0.05) is 0 Å². The van der Waals surface area contributed by atoms with Gasteiger partial charge in [-0.25, -0.2) is 0 Å². The van der Waals surface area contributed by atoms with E-state index in [-0.39, 0.29) is 11.6 Å². The number of carbonyl (C=O) groups excluding carboxylic acids is 1. The van der Waals surface area contributed by atoms with Crippen molar-refractivity contribution in [2.75, 3.05) is 7.05 Å². The Bertz CT molecular complexity index is 315. The molecule has 0 spiro atoms. The third-order valence-electron chi connectivity index (χ3n) is 1.52. The number of rotatable bonds is 2. The van der Waals surface area contributed by atoms with Crippen LogP contribution in [0.4, 0.5) is 5.69 Å². The fourth-order valence-corrected chi connectivity index (χ4v) is 0.893. The normalized spacial score (nSPS) is 9.50. The number of aromatic nitrogens is 2. The number of H-pyrrole nitrogens is 1. The van der Waals surface area contributed by atoms with E-state index < -0.39 is 0 Å². The van der Waals surface area contributed by atoms with Crippen LogP contribution < -0.4 is 5.32 Å². The number of hydrogen-bond donors (Lipinski definition) is 2. The molecule has 64 valence electrons. The summed E-state index contributed by atoms with van der Waals surface area (Å²) < 4.78 is 0. The fourth-order valence-electron chi connectivity index (χ4n) is 0.893. The van der Waals surface area contributed by atoms with Gasteiger partial charge in [-0.3, -0.25) is 14.9 Å². The molecule has 0 aliphatic carbocycles. The van der Waals surface area contributed by atoms with E-state index in [1.807, 2.05) is 0 Å². The zero-order chi connectivity index (χ0) is 9.14. The Labute approximate surface area is 69.9 Å². The van der Waals surface area contributed by atoms with Crippen molar-refractivity contribution >= 4 is 18.3 Å². The van der Waals surface area contributed by atoms with Gasteiger partial charge in [0.05, 0.1) is 5.69 Å². The number of nitrogens with one attached hydrogen (secondary N) is 2. The maximum atomic E-state index is 11.1. The highest BCUT2D eigenvalue weighted by Gasteiger charge is 2.14. The van der Waals surface area contributed by atoms with Crippen LogP contribution in [0.25, 0.3) is 0 Å². The van der Waals surface area contributed by atoms with Gasteiger partial charge in [0.2, 0.25) is 0 Å². The number of nitrogens with zero attached hydrogens (tertiary/aromatic N) is 2. The second-order valence-electron chi connectivity index (χ2n) is 2.28. The molecule has 0 aromatic carbocycles. The lowest BCUT2D eigenvalue weighted by atomic mass is 10.3. The van der Waals surface area contributed by atoms with E-state index in [2.05, 4.69) is 27.2 Å². The first-order valence-electron chi connectivity index (χ1n) is 3.44. The summed E-state index contributed by atoms with van der Waals surface area (Å²) in [6.07, 6.45) is 0. The number of aliphatic imine (C=N–C) groups is 1. The molecule has 0 aliphatic rings. The molecule has 1 aromatic heterocycles. The molecule has 5 heteroatoms. The Morgan fingerprint density at radius 3 is 2.92 bits per heavy atom. The van der Waals surface area contributed by atoms with Gasteiger partial charge >= 0.3 is 0 Å². The first-order valence-corrected chi connectivity index (χ1v) is 3.44. The lowest BCUT2D eigenvalue weighted by Crippen LogP contribution is -2.18. The molecule has 5 nitrogen and oxygen atoms in total. The van der Waals surface area contributed by atoms with Crippen molar-refractivity contribution in [3.63, 3.8) is 0 Å². The van der Waals surface area contributed by atoms with Crippen LogP contribution in [0, 0.1) is 6.92 Å². The summed E-state index contributed by atoms with van der Waals surface area (Å²) >= 11 is 0. The SMILES string of the molecule is C=Nc1c(C(=O)NC)n[nH]c1C. The molecule has 0 aliphatic heterocycles. The van der Waals surface area contributed by atoms with Crippen molar-refractivity contribution in [3.8, 4) is 0 Å². The molecule has 1 amide bonds. The maximum absolute atomic E-state index is 11.1. The molecule has 0 saturated heterocycles. The standard InChI is InChI=1S/C7H10N4O/c1-4-5(8-2)6(11-10-4)7(12)9-3/h2H2,1,3H3,(H,9,12)(H,10,11). The molecule has 0 atom stereocenters. The second-order valence-corrected chi connectivity index (χ2v) is 2.28. The minimum atomic E-state index is -0.262. The van der Waals surface area contributed by atoms with E-state index >= 15 is 0 Å². The van der Waals surface area contributed by atoms with E-state index in [0.717, 1.165) is 5.69 Å². The molecular weight excluding hydrogens is 156 g/mol. The molecule has 1 heterocycles. The van der Waals surface area contributed by atoms with E-state index in [0.29, 0.717) is 5.69 Å². The summed E-state index contributed by atoms with van der Waals surface area (Å²) in [7, 11) is 1.54. The molecule has 0 radical (unpaired) electrons. The fraction of sp³-hybridized carbons (Fsp3) is 0.286. The van der Waals surface area contributed by atoms with Crippen LogP contribution in [0.2, 0.25) is 0 Å². The van der Waals surface area contributed by atoms with Crippen molar-refractivity contribution in [2.45, 2.75) is 6.92 Å². The summed E-state index contributed by atoms with van der Waals surface area (Å²) in [5, 5.41) is 8.91. The first kappa shape index (κ1) is 8.45. The van der Waals surface area contributed by atoms with Crippen molar-refractivity contribution in [3.05, 3.63) is 11.4 Å². The Kier molecular flexibility index (Phi) is 2.23. The molecule has 0 bridgehead atoms.